The average molecular weight is 421 g/mol. The van der Waals surface area contributed by atoms with E-state index in [-0.39, 0.29) is 23.9 Å². The van der Waals surface area contributed by atoms with Gasteiger partial charge in [-0.15, -0.1) is 12.4 Å². The van der Waals surface area contributed by atoms with Gasteiger partial charge in [-0.1, -0.05) is 19.9 Å². The van der Waals surface area contributed by atoms with Gasteiger partial charge in [0.2, 0.25) is 5.91 Å². The zero-order chi connectivity index (χ0) is 20.8. The molecule has 0 saturated carbocycles. The quantitative estimate of drug-likeness (QED) is 0.662. The van der Waals surface area contributed by atoms with E-state index in [1.54, 1.807) is 0 Å². The first kappa shape index (κ1) is 24.9. The monoisotopic (exact) mass is 420 g/mol. The third-order valence-electron chi connectivity index (χ3n) is 4.86. The summed E-state index contributed by atoms with van der Waals surface area (Å²) >= 11 is 0. The van der Waals surface area contributed by atoms with Crippen molar-refractivity contribution in [2.45, 2.75) is 59.5 Å². The van der Waals surface area contributed by atoms with Crippen LogP contribution >= 0.6 is 12.4 Å². The lowest BCUT2D eigenvalue weighted by Crippen LogP contribution is -2.42. The molecule has 1 N–H and O–H groups in total. The van der Waals surface area contributed by atoms with Crippen molar-refractivity contribution in [2.24, 2.45) is 0 Å². The van der Waals surface area contributed by atoms with Crippen LogP contribution < -0.4 is 10.9 Å². The SMILES string of the molecule is CC(C)c1ccc2ncn(C=CC(=O)NCCN(C(C)C)C(C)C)c(=O)c2c1.Cl. The van der Waals surface area contributed by atoms with E-state index in [9.17, 15) is 9.59 Å². The molecule has 2 aromatic rings. The summed E-state index contributed by atoms with van der Waals surface area (Å²) in [5, 5.41) is 3.43. The molecule has 29 heavy (non-hydrogen) atoms. The molecule has 0 unspecified atom stereocenters. The minimum Gasteiger partial charge on any atom is -0.351 e. The number of amides is 1. The summed E-state index contributed by atoms with van der Waals surface area (Å²) in [5.41, 5.74) is 1.57. The van der Waals surface area contributed by atoms with E-state index < -0.39 is 0 Å². The zero-order valence-corrected chi connectivity index (χ0v) is 19.0. The average Bonchev–Trinajstić information content (AvgIpc) is 2.63. The summed E-state index contributed by atoms with van der Waals surface area (Å²) in [6, 6.07) is 6.58. The number of carbonyl (C=O) groups excluding carboxylic acids is 1. The second kappa shape index (κ2) is 11.1. The van der Waals surface area contributed by atoms with Gasteiger partial charge in [-0.3, -0.25) is 19.1 Å². The highest BCUT2D eigenvalue weighted by molar-refractivity contribution is 5.90. The maximum absolute atomic E-state index is 12.7. The van der Waals surface area contributed by atoms with Gasteiger partial charge in [0.1, 0.15) is 6.33 Å². The highest BCUT2D eigenvalue weighted by Crippen LogP contribution is 2.17. The van der Waals surface area contributed by atoms with Crippen molar-refractivity contribution in [1.29, 1.82) is 0 Å². The van der Waals surface area contributed by atoms with Crippen molar-refractivity contribution in [2.75, 3.05) is 13.1 Å². The van der Waals surface area contributed by atoms with Gasteiger partial charge >= 0.3 is 0 Å². The molecule has 0 aliphatic carbocycles. The molecular weight excluding hydrogens is 388 g/mol. The number of halogens is 1. The first-order valence-corrected chi connectivity index (χ1v) is 9.93. The molecule has 0 bridgehead atoms. The zero-order valence-electron chi connectivity index (χ0n) is 18.2. The molecule has 1 aromatic carbocycles. The molecule has 0 aliphatic rings. The minimum atomic E-state index is -0.226. The Morgan fingerprint density at radius 1 is 1.17 bits per heavy atom. The molecule has 7 heteroatoms. The molecule has 0 atom stereocenters. The van der Waals surface area contributed by atoms with Crippen LogP contribution in [-0.4, -0.2) is 45.5 Å². The van der Waals surface area contributed by atoms with Crippen LogP contribution in [0.25, 0.3) is 17.1 Å². The standard InChI is InChI=1S/C22H32N4O2.ClH/c1-15(2)18-7-8-20-19(13-18)22(28)25(14-24-20)11-9-21(27)23-10-12-26(16(3)4)17(5)6;/h7-9,11,13-17H,10,12H2,1-6H3,(H,23,27);1H. The van der Waals surface area contributed by atoms with E-state index in [1.807, 2.05) is 18.2 Å². The molecular formula is C22H33ClN4O2. The molecule has 1 heterocycles. The number of fused-ring (bicyclic) bond motifs is 1. The van der Waals surface area contributed by atoms with E-state index in [4.69, 9.17) is 0 Å². The highest BCUT2D eigenvalue weighted by Gasteiger charge is 2.12. The minimum absolute atomic E-state index is 0. The number of rotatable bonds is 8. The van der Waals surface area contributed by atoms with Gasteiger partial charge in [0.05, 0.1) is 10.9 Å². The fourth-order valence-electron chi connectivity index (χ4n) is 3.25. The lowest BCUT2D eigenvalue weighted by molar-refractivity contribution is -0.116. The van der Waals surface area contributed by atoms with Crippen LogP contribution in [0, 0.1) is 0 Å². The summed E-state index contributed by atoms with van der Waals surface area (Å²) < 4.78 is 1.35. The molecule has 160 valence electrons. The Labute approximate surface area is 179 Å². The summed E-state index contributed by atoms with van der Waals surface area (Å²) in [4.78, 5) is 31.4. The van der Waals surface area contributed by atoms with E-state index >= 15 is 0 Å². The van der Waals surface area contributed by atoms with Crippen molar-refractivity contribution < 1.29 is 4.79 Å². The molecule has 0 saturated heterocycles. The third kappa shape index (κ3) is 6.68. The van der Waals surface area contributed by atoms with Gasteiger partial charge in [0, 0.05) is 37.4 Å². The third-order valence-corrected chi connectivity index (χ3v) is 4.86. The van der Waals surface area contributed by atoms with Crippen LogP contribution in [0.5, 0.6) is 0 Å². The van der Waals surface area contributed by atoms with Gasteiger partial charge in [-0.25, -0.2) is 4.98 Å². The van der Waals surface area contributed by atoms with Crippen LogP contribution in [0.2, 0.25) is 0 Å². The molecule has 6 nitrogen and oxygen atoms in total. The molecule has 1 aromatic heterocycles. The van der Waals surface area contributed by atoms with E-state index in [0.29, 0.717) is 35.4 Å². The number of nitrogens with one attached hydrogen (secondary N) is 1. The first-order valence-electron chi connectivity index (χ1n) is 9.93. The lowest BCUT2D eigenvalue weighted by Gasteiger charge is -2.30. The number of benzene rings is 1. The first-order chi connectivity index (χ1) is 13.2. The van der Waals surface area contributed by atoms with Crippen molar-refractivity contribution in [3.05, 3.63) is 46.5 Å². The number of hydrogen-bond donors (Lipinski definition) is 1. The maximum atomic E-state index is 12.7. The second-order valence-electron chi connectivity index (χ2n) is 7.92. The van der Waals surface area contributed by atoms with Crippen LogP contribution in [-0.2, 0) is 4.79 Å². The Morgan fingerprint density at radius 3 is 2.41 bits per heavy atom. The predicted molar refractivity (Wildman–Crippen MR) is 123 cm³/mol. The van der Waals surface area contributed by atoms with Crippen LogP contribution in [0.3, 0.4) is 0 Å². The molecule has 0 fully saturated rings. The summed E-state index contributed by atoms with van der Waals surface area (Å²) in [6.45, 7) is 14.1. The van der Waals surface area contributed by atoms with Crippen LogP contribution in [0.1, 0.15) is 53.0 Å². The van der Waals surface area contributed by atoms with Crippen molar-refractivity contribution in [1.82, 2.24) is 19.8 Å². The Bertz CT molecular complexity index is 895. The smallest absolute Gasteiger partial charge is 0.265 e. The topological polar surface area (TPSA) is 67.2 Å². The van der Waals surface area contributed by atoms with Crippen molar-refractivity contribution in [3.63, 3.8) is 0 Å². The van der Waals surface area contributed by atoms with E-state index in [1.165, 1.54) is 23.2 Å². The number of aromatic nitrogens is 2. The Kier molecular flexibility index (Phi) is 9.53. The van der Waals surface area contributed by atoms with Gasteiger partial charge in [-0.05, 0) is 51.3 Å². The van der Waals surface area contributed by atoms with Gasteiger partial charge < -0.3 is 5.32 Å². The van der Waals surface area contributed by atoms with E-state index in [2.05, 4.69) is 56.7 Å². The number of nitrogens with zero attached hydrogens (tertiary/aromatic N) is 3. The lowest BCUT2D eigenvalue weighted by atomic mass is 10.0. The van der Waals surface area contributed by atoms with Gasteiger partial charge in [0.25, 0.3) is 5.56 Å². The Hall–Kier alpha value is -2.18. The molecule has 0 spiro atoms. The normalized spacial score (nSPS) is 11.8. The van der Waals surface area contributed by atoms with Crippen LogP contribution in [0.4, 0.5) is 0 Å². The fraction of sp³-hybridized carbons (Fsp3) is 0.500. The Morgan fingerprint density at radius 2 is 1.83 bits per heavy atom. The summed E-state index contributed by atoms with van der Waals surface area (Å²) in [6.07, 6.45) is 4.29. The number of carbonyl (C=O) groups is 1. The van der Waals surface area contributed by atoms with Gasteiger partial charge in [0.15, 0.2) is 0 Å². The summed E-state index contributed by atoms with van der Waals surface area (Å²) in [7, 11) is 0. The largest absolute Gasteiger partial charge is 0.351 e. The molecule has 2 rings (SSSR count). The van der Waals surface area contributed by atoms with Crippen molar-refractivity contribution in [3.8, 4) is 0 Å². The van der Waals surface area contributed by atoms with Crippen LogP contribution in [0.15, 0.2) is 35.4 Å². The fourth-order valence-corrected chi connectivity index (χ4v) is 3.25. The molecule has 0 aliphatic heterocycles. The maximum Gasteiger partial charge on any atom is 0.265 e. The van der Waals surface area contributed by atoms with Gasteiger partial charge in [-0.2, -0.15) is 0 Å². The number of hydrogen-bond acceptors (Lipinski definition) is 4. The highest BCUT2D eigenvalue weighted by atomic mass is 35.5. The molecule has 0 radical (unpaired) electrons. The van der Waals surface area contributed by atoms with E-state index in [0.717, 1.165) is 12.1 Å². The van der Waals surface area contributed by atoms with Crippen molar-refractivity contribution >= 4 is 35.4 Å². The Balaban J connectivity index is 0.00000420. The predicted octanol–water partition coefficient (Wildman–Crippen LogP) is 3.65. The summed E-state index contributed by atoms with van der Waals surface area (Å²) in [5.74, 6) is 0.102. The second-order valence-corrected chi connectivity index (χ2v) is 7.92. The molecule has 1 amide bonds.